The van der Waals surface area contributed by atoms with Gasteiger partial charge in [0.25, 0.3) is 0 Å². The molecule has 0 fully saturated rings. The molecule has 21 heavy (non-hydrogen) atoms. The van der Waals surface area contributed by atoms with Gasteiger partial charge in [-0.1, -0.05) is 22.0 Å². The molecule has 0 saturated carbocycles. The lowest BCUT2D eigenvalue weighted by atomic mass is 10.1. The maximum absolute atomic E-state index is 13.8. The van der Waals surface area contributed by atoms with E-state index in [-0.39, 0.29) is 11.9 Å². The zero-order valence-electron chi connectivity index (χ0n) is 11.9. The van der Waals surface area contributed by atoms with Crippen LogP contribution < -0.4 is 5.32 Å². The summed E-state index contributed by atoms with van der Waals surface area (Å²) in [5.41, 5.74) is 0.676. The van der Waals surface area contributed by atoms with Crippen LogP contribution in [0.4, 0.5) is 4.39 Å². The molecular weight excluding hydrogens is 337 g/mol. The first kappa shape index (κ1) is 16.2. The third-order valence-corrected chi connectivity index (χ3v) is 3.66. The van der Waals surface area contributed by atoms with Crippen LogP contribution in [0.15, 0.2) is 45.5 Å². The topological polar surface area (TPSA) is 34.4 Å². The molecule has 2 aromatic rings. The van der Waals surface area contributed by atoms with Gasteiger partial charge in [-0.2, -0.15) is 0 Å². The van der Waals surface area contributed by atoms with Gasteiger partial charge >= 0.3 is 0 Å². The SMILES string of the molecule is CC(NCCCOCc1ccco1)c1ccc(Br)cc1F. The van der Waals surface area contributed by atoms with Crippen LogP contribution in [0.1, 0.15) is 30.7 Å². The van der Waals surface area contributed by atoms with Crippen molar-refractivity contribution in [3.63, 3.8) is 0 Å². The highest BCUT2D eigenvalue weighted by Gasteiger charge is 2.10. The van der Waals surface area contributed by atoms with Crippen molar-refractivity contribution < 1.29 is 13.5 Å². The molecule has 0 radical (unpaired) electrons. The summed E-state index contributed by atoms with van der Waals surface area (Å²) in [5.74, 6) is 0.631. The Hall–Kier alpha value is -1.17. The van der Waals surface area contributed by atoms with Crippen molar-refractivity contribution in [1.29, 1.82) is 0 Å². The highest BCUT2D eigenvalue weighted by molar-refractivity contribution is 9.10. The number of rotatable bonds is 8. The summed E-state index contributed by atoms with van der Waals surface area (Å²) in [4.78, 5) is 0. The van der Waals surface area contributed by atoms with Crippen molar-refractivity contribution in [3.05, 3.63) is 58.2 Å². The summed E-state index contributed by atoms with van der Waals surface area (Å²) in [6.45, 7) is 3.86. The van der Waals surface area contributed by atoms with E-state index in [2.05, 4.69) is 21.2 Å². The molecule has 3 nitrogen and oxygen atoms in total. The van der Waals surface area contributed by atoms with E-state index in [4.69, 9.17) is 9.15 Å². The number of ether oxygens (including phenoxy) is 1. The van der Waals surface area contributed by atoms with Crippen LogP contribution in [0.25, 0.3) is 0 Å². The average molecular weight is 356 g/mol. The largest absolute Gasteiger partial charge is 0.467 e. The van der Waals surface area contributed by atoms with E-state index in [9.17, 15) is 4.39 Å². The molecule has 0 spiro atoms. The summed E-state index contributed by atoms with van der Waals surface area (Å²) >= 11 is 3.26. The zero-order valence-corrected chi connectivity index (χ0v) is 13.5. The third kappa shape index (κ3) is 5.26. The minimum Gasteiger partial charge on any atom is -0.467 e. The Morgan fingerprint density at radius 1 is 1.38 bits per heavy atom. The standard InChI is InChI=1S/C16H19BrFNO2/c1-12(15-6-5-13(17)10-16(15)18)19-7-3-8-20-11-14-4-2-9-21-14/h2,4-6,9-10,12,19H,3,7-8,11H2,1H3. The first-order valence-corrected chi connectivity index (χ1v) is 7.74. The molecule has 0 aliphatic heterocycles. The molecule has 0 aliphatic carbocycles. The molecule has 1 atom stereocenters. The number of halogens is 2. The predicted octanol–water partition coefficient (Wildman–Crippen LogP) is 4.44. The fourth-order valence-corrected chi connectivity index (χ4v) is 2.36. The Balaban J connectivity index is 1.63. The smallest absolute Gasteiger partial charge is 0.129 e. The molecule has 2 rings (SSSR count). The summed E-state index contributed by atoms with van der Waals surface area (Å²) in [6, 6.07) is 8.84. The van der Waals surface area contributed by atoms with Crippen molar-refractivity contribution in [1.82, 2.24) is 5.32 Å². The molecule has 1 heterocycles. The van der Waals surface area contributed by atoms with Gasteiger partial charge in [0.2, 0.25) is 0 Å². The predicted molar refractivity (Wildman–Crippen MR) is 83.5 cm³/mol. The zero-order chi connectivity index (χ0) is 15.1. The minimum atomic E-state index is -0.196. The van der Waals surface area contributed by atoms with E-state index in [0.29, 0.717) is 18.8 Å². The molecule has 1 N–H and O–H groups in total. The summed E-state index contributed by atoms with van der Waals surface area (Å²) in [7, 11) is 0. The quantitative estimate of drug-likeness (QED) is 0.710. The monoisotopic (exact) mass is 355 g/mol. The lowest BCUT2D eigenvalue weighted by Gasteiger charge is -2.15. The number of hydrogen-bond acceptors (Lipinski definition) is 3. The van der Waals surface area contributed by atoms with Crippen LogP contribution in [-0.2, 0) is 11.3 Å². The molecule has 114 valence electrons. The highest BCUT2D eigenvalue weighted by atomic mass is 79.9. The van der Waals surface area contributed by atoms with Gasteiger partial charge in [0, 0.05) is 22.7 Å². The third-order valence-electron chi connectivity index (χ3n) is 3.17. The second kappa shape index (κ2) is 8.32. The lowest BCUT2D eigenvalue weighted by Crippen LogP contribution is -2.21. The maximum Gasteiger partial charge on any atom is 0.129 e. The average Bonchev–Trinajstić information content (AvgIpc) is 2.95. The minimum absolute atomic E-state index is 0.0248. The summed E-state index contributed by atoms with van der Waals surface area (Å²) < 4.78 is 25.2. The van der Waals surface area contributed by atoms with Gasteiger partial charge in [0.05, 0.1) is 6.26 Å². The Kier molecular flexibility index (Phi) is 6.42. The van der Waals surface area contributed by atoms with Gasteiger partial charge in [-0.25, -0.2) is 4.39 Å². The fourth-order valence-electron chi connectivity index (χ4n) is 2.02. The molecular formula is C16H19BrFNO2. The Morgan fingerprint density at radius 3 is 2.95 bits per heavy atom. The van der Waals surface area contributed by atoms with Crippen molar-refractivity contribution in [2.45, 2.75) is 26.0 Å². The van der Waals surface area contributed by atoms with Crippen LogP contribution in [0, 0.1) is 5.82 Å². The maximum atomic E-state index is 13.8. The van der Waals surface area contributed by atoms with Gasteiger partial charge in [0.15, 0.2) is 0 Å². The Labute approximate surface area is 132 Å². The Bertz CT molecular complexity index is 545. The van der Waals surface area contributed by atoms with Crippen LogP contribution >= 0.6 is 15.9 Å². The summed E-state index contributed by atoms with van der Waals surface area (Å²) in [6.07, 6.45) is 2.50. The molecule has 0 saturated heterocycles. The van der Waals surface area contributed by atoms with Crippen molar-refractivity contribution in [2.24, 2.45) is 0 Å². The first-order chi connectivity index (χ1) is 10.2. The van der Waals surface area contributed by atoms with Crippen molar-refractivity contribution >= 4 is 15.9 Å². The number of furan rings is 1. The van der Waals surface area contributed by atoms with Gasteiger partial charge in [-0.15, -0.1) is 0 Å². The second-order valence-corrected chi connectivity index (χ2v) is 5.74. The van der Waals surface area contributed by atoms with Crippen molar-refractivity contribution in [3.8, 4) is 0 Å². The lowest BCUT2D eigenvalue weighted by molar-refractivity contribution is 0.103. The van der Waals surface area contributed by atoms with E-state index in [1.807, 2.05) is 25.1 Å². The Morgan fingerprint density at radius 2 is 2.24 bits per heavy atom. The first-order valence-electron chi connectivity index (χ1n) is 6.95. The van der Waals surface area contributed by atoms with Gasteiger partial charge in [-0.05, 0) is 44.2 Å². The highest BCUT2D eigenvalue weighted by Crippen LogP contribution is 2.20. The van der Waals surface area contributed by atoms with E-state index in [0.717, 1.165) is 23.2 Å². The van der Waals surface area contributed by atoms with E-state index < -0.39 is 0 Å². The molecule has 0 aliphatic rings. The van der Waals surface area contributed by atoms with Gasteiger partial charge in [-0.3, -0.25) is 0 Å². The number of benzene rings is 1. The van der Waals surface area contributed by atoms with E-state index in [1.54, 1.807) is 12.3 Å². The summed E-state index contributed by atoms with van der Waals surface area (Å²) in [5, 5.41) is 3.29. The van der Waals surface area contributed by atoms with Gasteiger partial charge in [0.1, 0.15) is 18.2 Å². The van der Waals surface area contributed by atoms with Crippen LogP contribution in [-0.4, -0.2) is 13.2 Å². The molecule has 1 unspecified atom stereocenters. The van der Waals surface area contributed by atoms with Crippen LogP contribution in [0.5, 0.6) is 0 Å². The molecule has 1 aromatic carbocycles. The van der Waals surface area contributed by atoms with E-state index >= 15 is 0 Å². The van der Waals surface area contributed by atoms with Gasteiger partial charge < -0.3 is 14.5 Å². The van der Waals surface area contributed by atoms with Crippen LogP contribution in [0.3, 0.4) is 0 Å². The normalized spacial score (nSPS) is 12.5. The van der Waals surface area contributed by atoms with E-state index in [1.165, 1.54) is 6.07 Å². The molecule has 0 bridgehead atoms. The number of nitrogens with one attached hydrogen (secondary N) is 1. The second-order valence-electron chi connectivity index (χ2n) is 4.83. The molecule has 5 heteroatoms. The van der Waals surface area contributed by atoms with Crippen molar-refractivity contribution in [2.75, 3.05) is 13.2 Å². The molecule has 1 aromatic heterocycles. The number of hydrogen-bond donors (Lipinski definition) is 1. The fraction of sp³-hybridized carbons (Fsp3) is 0.375. The van der Waals surface area contributed by atoms with Crippen LogP contribution in [0.2, 0.25) is 0 Å². The molecule has 0 amide bonds.